The second-order valence-electron chi connectivity index (χ2n) is 7.29. The van der Waals surface area contributed by atoms with Gasteiger partial charge >= 0.3 is 6.09 Å². The average molecular weight is 471 g/mol. The fourth-order valence-electron chi connectivity index (χ4n) is 3.43. The third-order valence-electron chi connectivity index (χ3n) is 5.13. The highest BCUT2D eigenvalue weighted by Crippen LogP contribution is 2.33. The molecule has 0 unspecified atom stereocenters. The van der Waals surface area contributed by atoms with Crippen molar-refractivity contribution in [2.75, 3.05) is 49.2 Å². The number of hydrogen-bond donors (Lipinski definition) is 3. The Bertz CT molecular complexity index is 1150. The van der Waals surface area contributed by atoms with Crippen LogP contribution in [0, 0.1) is 0 Å². The van der Waals surface area contributed by atoms with Gasteiger partial charge in [0.15, 0.2) is 0 Å². The van der Waals surface area contributed by atoms with Crippen molar-refractivity contribution in [3.05, 3.63) is 53.7 Å². The molecule has 0 radical (unpaired) electrons. The van der Waals surface area contributed by atoms with Crippen LogP contribution in [0.5, 0.6) is 17.4 Å². The van der Waals surface area contributed by atoms with Crippen molar-refractivity contribution in [3.63, 3.8) is 0 Å². The number of nitrogens with one attached hydrogen (secondary N) is 1. The van der Waals surface area contributed by atoms with Crippen LogP contribution < -0.4 is 25.4 Å². The summed E-state index contributed by atoms with van der Waals surface area (Å²) < 4.78 is 11.3. The van der Waals surface area contributed by atoms with Crippen molar-refractivity contribution in [3.8, 4) is 17.4 Å². The number of aromatic nitrogens is 2. The van der Waals surface area contributed by atoms with Crippen molar-refractivity contribution < 1.29 is 19.4 Å². The Morgan fingerprint density at radius 3 is 2.67 bits per heavy atom. The molecule has 2 aromatic carbocycles. The normalized spacial score (nSPS) is 13.5. The number of piperazine rings is 1. The highest BCUT2D eigenvalue weighted by molar-refractivity contribution is 6.31. The van der Waals surface area contributed by atoms with Crippen LogP contribution >= 0.6 is 11.6 Å². The van der Waals surface area contributed by atoms with E-state index in [4.69, 9.17) is 31.9 Å². The quantitative estimate of drug-likeness (QED) is 0.457. The fraction of sp³-hybridized carbons (Fsp3) is 0.227. The number of ether oxygens (including phenoxy) is 2. The van der Waals surface area contributed by atoms with Gasteiger partial charge in [0, 0.05) is 49.7 Å². The van der Waals surface area contributed by atoms with E-state index in [2.05, 4.69) is 20.2 Å². The molecule has 0 saturated carbocycles. The first-order valence-electron chi connectivity index (χ1n) is 10.2. The molecule has 172 valence electrons. The molecule has 0 spiro atoms. The van der Waals surface area contributed by atoms with Gasteiger partial charge in [-0.1, -0.05) is 17.7 Å². The number of rotatable bonds is 6. The van der Waals surface area contributed by atoms with Gasteiger partial charge in [0.1, 0.15) is 16.5 Å². The second kappa shape index (κ2) is 9.70. The zero-order valence-electron chi connectivity index (χ0n) is 17.9. The molecular formula is C22H23ClN6O4. The Labute approximate surface area is 195 Å². The van der Waals surface area contributed by atoms with Crippen LogP contribution in [0.3, 0.4) is 0 Å². The van der Waals surface area contributed by atoms with Gasteiger partial charge in [-0.05, 0) is 24.3 Å². The topological polar surface area (TPSA) is 126 Å². The van der Waals surface area contributed by atoms with Gasteiger partial charge in [0.25, 0.3) is 0 Å². The minimum Gasteiger partial charge on any atom is -0.494 e. The number of benzene rings is 2. The first-order chi connectivity index (χ1) is 15.9. The molecule has 1 aliphatic heterocycles. The molecule has 1 aromatic heterocycles. The Hall–Kier alpha value is -3.92. The van der Waals surface area contributed by atoms with Crippen LogP contribution in [-0.4, -0.2) is 59.4 Å². The number of anilines is 4. The number of carboxylic acid groups (broad SMARTS) is 1. The number of halogens is 1. The molecule has 1 saturated heterocycles. The van der Waals surface area contributed by atoms with Gasteiger partial charge in [-0.2, -0.15) is 4.98 Å². The lowest BCUT2D eigenvalue weighted by Gasteiger charge is -2.34. The Morgan fingerprint density at radius 2 is 1.97 bits per heavy atom. The first kappa shape index (κ1) is 22.3. The van der Waals surface area contributed by atoms with Gasteiger partial charge in [-0.15, -0.1) is 0 Å². The predicted molar refractivity (Wildman–Crippen MR) is 126 cm³/mol. The van der Waals surface area contributed by atoms with Crippen LogP contribution in [0.15, 0.2) is 48.7 Å². The summed E-state index contributed by atoms with van der Waals surface area (Å²) in [6.07, 6.45) is 0.551. The van der Waals surface area contributed by atoms with Gasteiger partial charge in [-0.25, -0.2) is 9.78 Å². The van der Waals surface area contributed by atoms with Gasteiger partial charge in [0.05, 0.1) is 19.0 Å². The number of nitrogen functional groups attached to an aromatic ring is 1. The highest BCUT2D eigenvalue weighted by atomic mass is 35.5. The number of hydrogen-bond acceptors (Lipinski definition) is 8. The molecule has 4 N–H and O–H groups in total. The number of nitrogens with two attached hydrogens (primary N) is 1. The summed E-state index contributed by atoms with van der Waals surface area (Å²) in [5, 5.41) is 12.5. The number of carbonyl (C=O) groups is 1. The molecule has 0 atom stereocenters. The number of amides is 1. The zero-order chi connectivity index (χ0) is 23.4. The van der Waals surface area contributed by atoms with Crippen molar-refractivity contribution in [1.82, 2.24) is 14.9 Å². The maximum absolute atomic E-state index is 11.1. The van der Waals surface area contributed by atoms with E-state index < -0.39 is 6.09 Å². The predicted octanol–water partition coefficient (Wildman–Crippen LogP) is 4.06. The van der Waals surface area contributed by atoms with Gasteiger partial charge < -0.3 is 35.4 Å². The summed E-state index contributed by atoms with van der Waals surface area (Å²) >= 11 is 6.20. The first-order valence-corrected chi connectivity index (χ1v) is 10.5. The lowest BCUT2D eigenvalue weighted by atomic mass is 10.2. The second-order valence-corrected chi connectivity index (χ2v) is 7.69. The van der Waals surface area contributed by atoms with E-state index in [1.807, 2.05) is 18.2 Å². The van der Waals surface area contributed by atoms with Crippen molar-refractivity contribution in [2.45, 2.75) is 0 Å². The van der Waals surface area contributed by atoms with Crippen LogP contribution in [-0.2, 0) is 0 Å². The number of methoxy groups -OCH3 is 1. The Morgan fingerprint density at radius 1 is 1.18 bits per heavy atom. The lowest BCUT2D eigenvalue weighted by molar-refractivity contribution is 0.142. The van der Waals surface area contributed by atoms with Crippen molar-refractivity contribution in [2.24, 2.45) is 0 Å². The van der Waals surface area contributed by atoms with Gasteiger partial charge in [0.2, 0.25) is 11.8 Å². The molecule has 33 heavy (non-hydrogen) atoms. The molecule has 1 aliphatic rings. The van der Waals surface area contributed by atoms with E-state index in [1.54, 1.807) is 31.4 Å². The molecular weight excluding hydrogens is 448 g/mol. The third-order valence-corrected chi connectivity index (χ3v) is 5.39. The minimum atomic E-state index is -0.895. The van der Waals surface area contributed by atoms with Crippen LogP contribution in [0.25, 0.3) is 0 Å². The van der Waals surface area contributed by atoms with Crippen LogP contribution in [0.4, 0.5) is 27.8 Å². The minimum absolute atomic E-state index is 0.187. The molecule has 2 heterocycles. The van der Waals surface area contributed by atoms with E-state index in [0.717, 1.165) is 5.69 Å². The third kappa shape index (κ3) is 5.29. The SMILES string of the molecule is COc1cc(N2CCN(C(=O)O)CC2)ccc1Nc1ncc(Cl)c(Oc2cccc(N)c2)n1. The summed E-state index contributed by atoms with van der Waals surface area (Å²) in [7, 11) is 1.57. The Kier molecular flexibility index (Phi) is 6.55. The molecule has 0 aliphatic carbocycles. The smallest absolute Gasteiger partial charge is 0.407 e. The van der Waals surface area contributed by atoms with Crippen LogP contribution in [0.2, 0.25) is 5.02 Å². The summed E-state index contributed by atoms with van der Waals surface area (Å²) in [4.78, 5) is 23.2. The van der Waals surface area contributed by atoms with E-state index in [1.165, 1.54) is 11.1 Å². The van der Waals surface area contributed by atoms with Crippen molar-refractivity contribution >= 4 is 40.7 Å². The average Bonchev–Trinajstić information content (AvgIpc) is 2.81. The van der Waals surface area contributed by atoms with E-state index in [-0.39, 0.29) is 16.9 Å². The Balaban J connectivity index is 1.50. The highest BCUT2D eigenvalue weighted by Gasteiger charge is 2.21. The standard InChI is InChI=1S/C22H23ClN6O4/c1-32-19-12-15(28-7-9-29(10-8-28)22(30)31)5-6-18(19)26-21-25-13-17(23)20(27-21)33-16-4-2-3-14(24)11-16/h2-6,11-13H,7-10,24H2,1H3,(H,30,31)(H,25,26,27). The summed E-state index contributed by atoms with van der Waals surface area (Å²) in [6.45, 7) is 2.11. The molecule has 1 amide bonds. The van der Waals surface area contributed by atoms with Crippen LogP contribution in [0.1, 0.15) is 0 Å². The molecule has 4 rings (SSSR count). The summed E-state index contributed by atoms with van der Waals surface area (Å²) in [5.74, 6) is 1.56. The van der Waals surface area contributed by atoms with E-state index in [0.29, 0.717) is 49.1 Å². The fourth-order valence-corrected chi connectivity index (χ4v) is 3.56. The summed E-state index contributed by atoms with van der Waals surface area (Å²) in [5.41, 5.74) is 7.95. The number of nitrogens with zero attached hydrogens (tertiary/aromatic N) is 4. The summed E-state index contributed by atoms with van der Waals surface area (Å²) in [6, 6.07) is 12.6. The maximum Gasteiger partial charge on any atom is 0.407 e. The van der Waals surface area contributed by atoms with Gasteiger partial charge in [-0.3, -0.25) is 0 Å². The molecule has 0 bridgehead atoms. The lowest BCUT2D eigenvalue weighted by Crippen LogP contribution is -2.48. The molecule has 11 heteroatoms. The molecule has 10 nitrogen and oxygen atoms in total. The van der Waals surface area contributed by atoms with Crippen molar-refractivity contribution in [1.29, 1.82) is 0 Å². The van der Waals surface area contributed by atoms with E-state index in [9.17, 15) is 4.79 Å². The monoisotopic (exact) mass is 470 g/mol. The maximum atomic E-state index is 11.1. The molecule has 1 fully saturated rings. The molecule has 3 aromatic rings. The zero-order valence-corrected chi connectivity index (χ0v) is 18.6. The van der Waals surface area contributed by atoms with E-state index >= 15 is 0 Å². The largest absolute Gasteiger partial charge is 0.494 e.